The van der Waals surface area contributed by atoms with Gasteiger partial charge in [0.1, 0.15) is 11.6 Å². The maximum absolute atomic E-state index is 12.6. The van der Waals surface area contributed by atoms with E-state index < -0.39 is 0 Å². The fourth-order valence-electron chi connectivity index (χ4n) is 4.95. The molecule has 0 radical (unpaired) electrons. The zero-order chi connectivity index (χ0) is 22.1. The molecule has 1 aromatic heterocycles. The van der Waals surface area contributed by atoms with Gasteiger partial charge in [-0.1, -0.05) is 12.1 Å². The molecule has 2 aromatic carbocycles. The first-order chi connectivity index (χ1) is 15.6. The van der Waals surface area contributed by atoms with E-state index >= 15 is 0 Å². The Morgan fingerprint density at radius 2 is 1.94 bits per heavy atom. The van der Waals surface area contributed by atoms with Crippen LogP contribution in [0.4, 0.5) is 11.5 Å². The Morgan fingerprint density at radius 1 is 1.09 bits per heavy atom. The number of nitrogens with one attached hydrogen (secondary N) is 2. The van der Waals surface area contributed by atoms with E-state index in [4.69, 9.17) is 9.72 Å². The minimum atomic E-state index is 0.0953. The van der Waals surface area contributed by atoms with Crippen molar-refractivity contribution >= 4 is 28.3 Å². The molecule has 0 saturated carbocycles. The number of methoxy groups -OCH3 is 1. The normalized spacial score (nSPS) is 19.0. The Balaban J connectivity index is 1.30. The van der Waals surface area contributed by atoms with Crippen LogP contribution >= 0.6 is 0 Å². The van der Waals surface area contributed by atoms with E-state index in [0.29, 0.717) is 0 Å². The second-order valence-corrected chi connectivity index (χ2v) is 8.94. The summed E-state index contributed by atoms with van der Waals surface area (Å²) in [5.41, 5.74) is 4.32. The summed E-state index contributed by atoms with van der Waals surface area (Å²) in [6, 6.07) is 16.5. The third kappa shape index (κ3) is 4.15. The maximum Gasteiger partial charge on any atom is 0.227 e. The predicted molar refractivity (Wildman–Crippen MR) is 128 cm³/mol. The zero-order valence-electron chi connectivity index (χ0n) is 18.7. The Morgan fingerprint density at radius 3 is 2.75 bits per heavy atom. The number of likely N-dealkylation sites (tertiary alicyclic amines) is 1. The predicted octanol–water partition coefficient (Wildman–Crippen LogP) is 4.62. The highest BCUT2D eigenvalue weighted by molar-refractivity contribution is 5.95. The summed E-state index contributed by atoms with van der Waals surface area (Å²) >= 11 is 0. The molecule has 6 heteroatoms. The first-order valence-corrected chi connectivity index (χ1v) is 11.4. The van der Waals surface area contributed by atoms with Gasteiger partial charge in [0.05, 0.1) is 18.7 Å². The topological polar surface area (TPSA) is 66.5 Å². The van der Waals surface area contributed by atoms with Crippen molar-refractivity contribution in [2.75, 3.05) is 37.9 Å². The van der Waals surface area contributed by atoms with Crippen LogP contribution in [0.15, 0.2) is 48.5 Å². The molecule has 0 spiro atoms. The van der Waals surface area contributed by atoms with Crippen molar-refractivity contribution in [2.24, 2.45) is 5.92 Å². The molecule has 3 aromatic rings. The number of aryl methyl sites for hydroxylation is 1. The van der Waals surface area contributed by atoms with E-state index in [2.05, 4.69) is 40.8 Å². The minimum Gasteiger partial charge on any atom is -0.496 e. The molecule has 1 fully saturated rings. The number of nitrogens with zero attached hydrogens (tertiary/aromatic N) is 2. The molecule has 6 nitrogen and oxygen atoms in total. The number of amides is 1. The van der Waals surface area contributed by atoms with Crippen molar-refractivity contribution in [1.29, 1.82) is 0 Å². The minimum absolute atomic E-state index is 0.0953. The van der Waals surface area contributed by atoms with Gasteiger partial charge in [0, 0.05) is 22.6 Å². The first kappa shape index (κ1) is 20.8. The summed E-state index contributed by atoms with van der Waals surface area (Å²) in [4.78, 5) is 19.7. The highest BCUT2D eigenvalue weighted by atomic mass is 16.5. The Bertz CT molecular complexity index is 1140. The first-order valence-electron chi connectivity index (χ1n) is 11.4. The number of hydrogen-bond acceptors (Lipinski definition) is 5. The van der Waals surface area contributed by atoms with E-state index in [0.717, 1.165) is 66.9 Å². The molecule has 1 amide bonds. The highest BCUT2D eigenvalue weighted by Gasteiger charge is 2.26. The van der Waals surface area contributed by atoms with Crippen molar-refractivity contribution in [2.45, 2.75) is 31.7 Å². The number of rotatable bonds is 5. The molecule has 2 heterocycles. The molecular formula is C26H30N4O2. The van der Waals surface area contributed by atoms with E-state index in [1.807, 2.05) is 30.3 Å². The van der Waals surface area contributed by atoms with Gasteiger partial charge in [0.2, 0.25) is 5.91 Å². The van der Waals surface area contributed by atoms with Gasteiger partial charge in [-0.2, -0.15) is 0 Å². The molecule has 1 unspecified atom stereocenters. The van der Waals surface area contributed by atoms with Gasteiger partial charge < -0.3 is 20.3 Å². The summed E-state index contributed by atoms with van der Waals surface area (Å²) in [7, 11) is 3.83. The van der Waals surface area contributed by atoms with Crippen molar-refractivity contribution in [1.82, 2.24) is 9.88 Å². The lowest BCUT2D eigenvalue weighted by Gasteiger charge is -2.28. The largest absolute Gasteiger partial charge is 0.496 e. The fourth-order valence-corrected chi connectivity index (χ4v) is 4.95. The monoisotopic (exact) mass is 430 g/mol. The second kappa shape index (κ2) is 8.79. The Hall–Kier alpha value is -3.12. The number of fused-ring (bicyclic) bond motifs is 2. The zero-order valence-corrected chi connectivity index (χ0v) is 18.7. The smallest absolute Gasteiger partial charge is 0.227 e. The molecule has 32 heavy (non-hydrogen) atoms. The lowest BCUT2D eigenvalue weighted by atomic mass is 9.96. The number of aromatic nitrogens is 1. The Kier molecular flexibility index (Phi) is 5.70. The number of anilines is 2. The van der Waals surface area contributed by atoms with Crippen molar-refractivity contribution in [3.05, 3.63) is 59.7 Å². The van der Waals surface area contributed by atoms with Crippen molar-refractivity contribution in [3.63, 3.8) is 0 Å². The molecule has 1 aliphatic carbocycles. The lowest BCUT2D eigenvalue weighted by Crippen LogP contribution is -2.35. The number of hydrogen-bond donors (Lipinski definition) is 2. The van der Waals surface area contributed by atoms with Crippen LogP contribution in [0.3, 0.4) is 0 Å². The summed E-state index contributed by atoms with van der Waals surface area (Å²) in [6.45, 7) is 1.96. The third-order valence-electron chi connectivity index (χ3n) is 6.80. The molecule has 5 rings (SSSR count). The molecule has 1 aliphatic heterocycles. The van der Waals surface area contributed by atoms with Gasteiger partial charge in [-0.05, 0) is 87.8 Å². The summed E-state index contributed by atoms with van der Waals surface area (Å²) in [5.74, 6) is 2.00. The third-order valence-corrected chi connectivity index (χ3v) is 6.80. The molecule has 166 valence electrons. The number of ether oxygens (including phenoxy) is 1. The van der Waals surface area contributed by atoms with Crippen LogP contribution in [-0.2, 0) is 11.2 Å². The fraction of sp³-hybridized carbons (Fsp3) is 0.385. The average Bonchev–Trinajstić information content (AvgIpc) is 3.22. The van der Waals surface area contributed by atoms with Crippen LogP contribution in [-0.4, -0.2) is 43.0 Å². The van der Waals surface area contributed by atoms with Crippen LogP contribution < -0.4 is 15.4 Å². The highest BCUT2D eigenvalue weighted by Crippen LogP contribution is 2.39. The summed E-state index contributed by atoms with van der Waals surface area (Å²) in [5, 5.41) is 7.71. The van der Waals surface area contributed by atoms with Crippen LogP contribution in [0.2, 0.25) is 0 Å². The second-order valence-electron chi connectivity index (χ2n) is 8.94. The average molecular weight is 431 g/mol. The van der Waals surface area contributed by atoms with Gasteiger partial charge in [-0.15, -0.1) is 0 Å². The van der Waals surface area contributed by atoms with Crippen LogP contribution in [0.1, 0.15) is 36.4 Å². The number of carbonyl (C=O) groups excluding carboxylic acids is 1. The molecule has 1 atom stereocenters. The molecule has 2 aliphatic rings. The lowest BCUT2D eigenvalue weighted by molar-refractivity contribution is -0.121. The van der Waals surface area contributed by atoms with Gasteiger partial charge in [0.15, 0.2) is 0 Å². The quantitative estimate of drug-likeness (QED) is 0.618. The molecule has 1 saturated heterocycles. The van der Waals surface area contributed by atoms with Gasteiger partial charge in [-0.3, -0.25) is 4.79 Å². The maximum atomic E-state index is 12.6. The van der Waals surface area contributed by atoms with E-state index in [9.17, 15) is 4.79 Å². The summed E-state index contributed by atoms with van der Waals surface area (Å²) in [6.07, 6.45) is 3.90. The molecule has 0 bridgehead atoms. The summed E-state index contributed by atoms with van der Waals surface area (Å²) < 4.78 is 5.59. The van der Waals surface area contributed by atoms with Crippen LogP contribution in [0, 0.1) is 5.92 Å². The van der Waals surface area contributed by atoms with Crippen molar-refractivity contribution in [3.8, 4) is 5.75 Å². The standard InChI is InChI=1S/C26H30N4O2/c1-30-14-12-18(13-15-30)26(31)27-20-8-10-21-19(16-20)7-11-24(28-21)29-22-9-6-17-4-3-5-23(32-2)25(17)22/h3-5,7-8,10-11,16,18,22H,6,9,12-15H2,1-2H3,(H,27,31)(H,28,29). The molecular weight excluding hydrogens is 400 g/mol. The van der Waals surface area contributed by atoms with Gasteiger partial charge >= 0.3 is 0 Å². The molecule has 2 N–H and O–H groups in total. The van der Waals surface area contributed by atoms with Crippen molar-refractivity contribution < 1.29 is 9.53 Å². The van der Waals surface area contributed by atoms with E-state index in [1.165, 1.54) is 11.1 Å². The number of pyridine rings is 1. The van der Waals surface area contributed by atoms with E-state index in [1.54, 1.807) is 7.11 Å². The number of piperidine rings is 1. The number of benzene rings is 2. The van der Waals surface area contributed by atoms with Gasteiger partial charge in [-0.25, -0.2) is 4.98 Å². The Labute approximate surface area is 189 Å². The van der Waals surface area contributed by atoms with Crippen LogP contribution in [0.25, 0.3) is 10.9 Å². The van der Waals surface area contributed by atoms with Gasteiger partial charge in [0.25, 0.3) is 0 Å². The van der Waals surface area contributed by atoms with E-state index in [-0.39, 0.29) is 17.9 Å². The van der Waals surface area contributed by atoms with Crippen LogP contribution in [0.5, 0.6) is 5.75 Å². The SMILES string of the molecule is COc1cccc2c1C(Nc1ccc3cc(NC(=O)C4CCN(C)CC4)ccc3n1)CC2. The number of carbonyl (C=O) groups is 1.